The molecule has 1 unspecified atom stereocenters. The van der Waals surface area contributed by atoms with Crippen molar-refractivity contribution in [3.8, 4) is 11.5 Å². The summed E-state index contributed by atoms with van der Waals surface area (Å²) in [6, 6.07) is 14.8. The van der Waals surface area contributed by atoms with Crippen LogP contribution in [0.3, 0.4) is 0 Å². The van der Waals surface area contributed by atoms with Crippen LogP contribution in [0.5, 0.6) is 11.5 Å². The SMILES string of the molecule is COc1ccc(OCCN(C)C(=O)CC(NC(C)=O)c2ccc(C)cc2)cc1. The lowest BCUT2D eigenvalue weighted by molar-refractivity contribution is -0.131. The van der Waals surface area contributed by atoms with Crippen LogP contribution in [0.1, 0.15) is 30.5 Å². The van der Waals surface area contributed by atoms with Gasteiger partial charge in [0.1, 0.15) is 18.1 Å². The maximum atomic E-state index is 12.6. The van der Waals surface area contributed by atoms with Crippen LogP contribution in [0.15, 0.2) is 48.5 Å². The molecule has 1 N–H and O–H groups in total. The fourth-order valence-electron chi connectivity index (χ4n) is 2.72. The molecule has 0 aromatic heterocycles. The van der Waals surface area contributed by atoms with E-state index >= 15 is 0 Å². The van der Waals surface area contributed by atoms with Crippen LogP contribution in [0, 0.1) is 6.92 Å². The van der Waals surface area contributed by atoms with Gasteiger partial charge in [0.2, 0.25) is 11.8 Å². The summed E-state index contributed by atoms with van der Waals surface area (Å²) < 4.78 is 10.8. The van der Waals surface area contributed by atoms with Gasteiger partial charge in [-0.1, -0.05) is 29.8 Å². The van der Waals surface area contributed by atoms with Gasteiger partial charge in [0.15, 0.2) is 0 Å². The summed E-state index contributed by atoms with van der Waals surface area (Å²) in [5.41, 5.74) is 2.04. The van der Waals surface area contributed by atoms with Gasteiger partial charge in [0, 0.05) is 14.0 Å². The molecule has 2 rings (SSSR count). The highest BCUT2D eigenvalue weighted by atomic mass is 16.5. The zero-order valence-corrected chi connectivity index (χ0v) is 16.9. The molecule has 6 nitrogen and oxygen atoms in total. The Kier molecular flexibility index (Phi) is 7.87. The first-order valence-electron chi connectivity index (χ1n) is 9.23. The number of carbonyl (C=O) groups excluding carboxylic acids is 2. The number of nitrogens with one attached hydrogen (secondary N) is 1. The standard InChI is InChI=1S/C22H28N2O4/c1-16-5-7-18(8-6-16)21(23-17(2)25)15-22(26)24(3)13-14-28-20-11-9-19(27-4)10-12-20/h5-12,21H,13-15H2,1-4H3,(H,23,25). The summed E-state index contributed by atoms with van der Waals surface area (Å²) in [7, 11) is 3.35. The first kappa shape index (κ1) is 21.3. The number of methoxy groups -OCH3 is 1. The molecular formula is C22H28N2O4. The molecule has 2 aromatic carbocycles. The van der Waals surface area contributed by atoms with Gasteiger partial charge < -0.3 is 19.7 Å². The molecule has 0 aliphatic carbocycles. The summed E-state index contributed by atoms with van der Waals surface area (Å²) in [5.74, 6) is 1.26. The molecule has 2 amide bonds. The van der Waals surface area contributed by atoms with Crippen molar-refractivity contribution in [1.29, 1.82) is 0 Å². The highest BCUT2D eigenvalue weighted by molar-refractivity contribution is 5.79. The maximum absolute atomic E-state index is 12.6. The molecule has 0 saturated carbocycles. The average Bonchev–Trinajstić information content (AvgIpc) is 2.68. The molecule has 0 spiro atoms. The number of aryl methyl sites for hydroxylation is 1. The lowest BCUT2D eigenvalue weighted by Crippen LogP contribution is -2.35. The molecular weight excluding hydrogens is 356 g/mol. The Morgan fingerprint density at radius 1 is 1.04 bits per heavy atom. The van der Waals surface area contributed by atoms with Gasteiger partial charge in [0.25, 0.3) is 0 Å². The third kappa shape index (κ3) is 6.61. The van der Waals surface area contributed by atoms with Gasteiger partial charge >= 0.3 is 0 Å². The zero-order chi connectivity index (χ0) is 20.5. The molecule has 0 radical (unpaired) electrons. The molecule has 150 valence electrons. The predicted molar refractivity (Wildman–Crippen MR) is 108 cm³/mol. The number of likely N-dealkylation sites (N-methyl/N-ethyl adjacent to an activating group) is 1. The number of ether oxygens (including phenoxy) is 2. The Balaban J connectivity index is 1.88. The number of carbonyl (C=O) groups is 2. The topological polar surface area (TPSA) is 67.9 Å². The molecule has 6 heteroatoms. The van der Waals surface area contributed by atoms with E-state index in [0.29, 0.717) is 13.2 Å². The fraction of sp³-hybridized carbons (Fsp3) is 0.364. The van der Waals surface area contributed by atoms with Gasteiger partial charge in [-0.25, -0.2) is 0 Å². The summed E-state index contributed by atoms with van der Waals surface area (Å²) in [6.07, 6.45) is 0.196. The smallest absolute Gasteiger partial charge is 0.224 e. The Bertz CT molecular complexity index is 772. The van der Waals surface area contributed by atoms with E-state index in [0.717, 1.165) is 22.6 Å². The lowest BCUT2D eigenvalue weighted by atomic mass is 10.0. The minimum absolute atomic E-state index is 0.0577. The van der Waals surface area contributed by atoms with Gasteiger partial charge in [-0.05, 0) is 36.8 Å². The molecule has 0 bridgehead atoms. The number of hydrogen-bond acceptors (Lipinski definition) is 4. The predicted octanol–water partition coefficient (Wildman–Crippen LogP) is 3.11. The van der Waals surface area contributed by atoms with Crippen LogP contribution in [0.2, 0.25) is 0 Å². The highest BCUT2D eigenvalue weighted by Gasteiger charge is 2.19. The number of amides is 2. The van der Waals surface area contributed by atoms with Crippen molar-refractivity contribution in [1.82, 2.24) is 10.2 Å². The van der Waals surface area contributed by atoms with Crippen LogP contribution in [-0.4, -0.2) is 44.0 Å². The molecule has 28 heavy (non-hydrogen) atoms. The fourth-order valence-corrected chi connectivity index (χ4v) is 2.72. The van der Waals surface area contributed by atoms with E-state index in [1.54, 1.807) is 19.1 Å². The van der Waals surface area contributed by atoms with Crippen LogP contribution >= 0.6 is 0 Å². The van der Waals surface area contributed by atoms with Gasteiger partial charge in [-0.15, -0.1) is 0 Å². The zero-order valence-electron chi connectivity index (χ0n) is 16.9. The van der Waals surface area contributed by atoms with Crippen molar-refractivity contribution in [2.75, 3.05) is 27.3 Å². The van der Waals surface area contributed by atoms with Crippen LogP contribution in [-0.2, 0) is 9.59 Å². The molecule has 0 heterocycles. The second kappa shape index (κ2) is 10.3. The summed E-state index contributed by atoms with van der Waals surface area (Å²) in [4.78, 5) is 25.8. The first-order chi connectivity index (χ1) is 13.4. The summed E-state index contributed by atoms with van der Waals surface area (Å²) in [5, 5.41) is 2.86. The largest absolute Gasteiger partial charge is 0.497 e. The third-order valence-corrected chi connectivity index (χ3v) is 4.42. The van der Waals surface area contributed by atoms with Gasteiger partial charge in [-0.2, -0.15) is 0 Å². The van der Waals surface area contributed by atoms with E-state index < -0.39 is 0 Å². The molecule has 0 saturated heterocycles. The average molecular weight is 384 g/mol. The van der Waals surface area contributed by atoms with Crippen molar-refractivity contribution >= 4 is 11.8 Å². The third-order valence-electron chi connectivity index (χ3n) is 4.42. The Labute approximate surface area is 166 Å². The van der Waals surface area contributed by atoms with E-state index in [4.69, 9.17) is 9.47 Å². The summed E-state index contributed by atoms with van der Waals surface area (Å²) in [6.45, 7) is 4.28. The van der Waals surface area contributed by atoms with Crippen LogP contribution < -0.4 is 14.8 Å². The lowest BCUT2D eigenvalue weighted by Gasteiger charge is -2.23. The van der Waals surface area contributed by atoms with E-state index in [1.807, 2.05) is 55.5 Å². The van der Waals surface area contributed by atoms with Crippen molar-refractivity contribution in [2.45, 2.75) is 26.3 Å². The highest BCUT2D eigenvalue weighted by Crippen LogP contribution is 2.19. The molecule has 0 aliphatic rings. The van der Waals surface area contributed by atoms with Crippen molar-refractivity contribution in [2.24, 2.45) is 0 Å². The van der Waals surface area contributed by atoms with Crippen LogP contribution in [0.4, 0.5) is 0 Å². The number of benzene rings is 2. The molecule has 1 atom stereocenters. The second-order valence-electron chi connectivity index (χ2n) is 6.71. The van der Waals surface area contributed by atoms with E-state index in [1.165, 1.54) is 6.92 Å². The number of hydrogen-bond donors (Lipinski definition) is 1. The van der Waals surface area contributed by atoms with Crippen molar-refractivity contribution < 1.29 is 19.1 Å². The Hall–Kier alpha value is -3.02. The van der Waals surface area contributed by atoms with Crippen molar-refractivity contribution in [3.05, 3.63) is 59.7 Å². The molecule has 0 aliphatic heterocycles. The molecule has 2 aromatic rings. The first-order valence-corrected chi connectivity index (χ1v) is 9.23. The Morgan fingerprint density at radius 2 is 1.64 bits per heavy atom. The van der Waals surface area contributed by atoms with E-state index in [9.17, 15) is 9.59 Å². The number of rotatable bonds is 9. The Morgan fingerprint density at radius 3 is 2.21 bits per heavy atom. The van der Waals surface area contributed by atoms with Crippen LogP contribution in [0.25, 0.3) is 0 Å². The van der Waals surface area contributed by atoms with Gasteiger partial charge in [0.05, 0.1) is 26.1 Å². The maximum Gasteiger partial charge on any atom is 0.224 e. The quantitative estimate of drug-likeness (QED) is 0.721. The molecule has 0 fully saturated rings. The normalized spacial score (nSPS) is 11.4. The second-order valence-corrected chi connectivity index (χ2v) is 6.71. The van der Waals surface area contributed by atoms with E-state index in [2.05, 4.69) is 5.32 Å². The minimum Gasteiger partial charge on any atom is -0.497 e. The monoisotopic (exact) mass is 384 g/mol. The number of nitrogens with zero attached hydrogens (tertiary/aromatic N) is 1. The minimum atomic E-state index is -0.351. The van der Waals surface area contributed by atoms with Crippen molar-refractivity contribution in [3.63, 3.8) is 0 Å². The van der Waals surface area contributed by atoms with Gasteiger partial charge in [-0.3, -0.25) is 9.59 Å². The van der Waals surface area contributed by atoms with E-state index in [-0.39, 0.29) is 24.3 Å². The summed E-state index contributed by atoms with van der Waals surface area (Å²) >= 11 is 0.